The number of likely N-dealkylation sites (tertiary alicyclic amines) is 1. The Balaban J connectivity index is 2.03. The predicted octanol–water partition coefficient (Wildman–Crippen LogP) is 1.84. The zero-order valence-corrected chi connectivity index (χ0v) is 14.8. The van der Waals surface area contributed by atoms with Gasteiger partial charge in [-0.25, -0.2) is 0 Å². The van der Waals surface area contributed by atoms with Crippen molar-refractivity contribution in [3.05, 3.63) is 23.8 Å². The van der Waals surface area contributed by atoms with Crippen LogP contribution in [0.2, 0.25) is 0 Å². The van der Waals surface area contributed by atoms with E-state index in [9.17, 15) is 5.11 Å². The number of hydrogen-bond donors (Lipinski definition) is 1. The van der Waals surface area contributed by atoms with Crippen LogP contribution in [-0.4, -0.2) is 68.5 Å². The number of nitrogens with zero attached hydrogens (tertiary/aromatic N) is 2. The first-order chi connectivity index (χ1) is 11.1. The Morgan fingerprint density at radius 3 is 2.61 bits per heavy atom. The quantitative estimate of drug-likeness (QED) is 0.791. The second-order valence-electron chi connectivity index (χ2n) is 6.50. The van der Waals surface area contributed by atoms with E-state index in [2.05, 4.69) is 43.0 Å². The molecule has 23 heavy (non-hydrogen) atoms. The van der Waals surface area contributed by atoms with Gasteiger partial charge in [-0.15, -0.1) is 0 Å². The smallest absolute Gasteiger partial charge is 0.161 e. The number of hydrogen-bond acceptors (Lipinski definition) is 5. The van der Waals surface area contributed by atoms with Gasteiger partial charge in [0.05, 0.1) is 13.7 Å². The van der Waals surface area contributed by atoms with Crippen molar-refractivity contribution in [3.8, 4) is 11.5 Å². The van der Waals surface area contributed by atoms with E-state index in [0.29, 0.717) is 18.6 Å². The van der Waals surface area contributed by atoms with Gasteiger partial charge >= 0.3 is 0 Å². The Labute approximate surface area is 139 Å². The summed E-state index contributed by atoms with van der Waals surface area (Å²) < 4.78 is 11.2. The van der Waals surface area contributed by atoms with E-state index in [-0.39, 0.29) is 6.61 Å². The van der Waals surface area contributed by atoms with Crippen LogP contribution < -0.4 is 9.47 Å². The average molecular weight is 322 g/mol. The fraction of sp³-hybridized carbons (Fsp3) is 0.667. The van der Waals surface area contributed by atoms with Crippen LogP contribution in [-0.2, 0) is 6.54 Å². The third-order valence-corrected chi connectivity index (χ3v) is 4.48. The zero-order valence-electron chi connectivity index (χ0n) is 14.8. The first-order valence-corrected chi connectivity index (χ1v) is 8.38. The molecule has 0 spiro atoms. The molecule has 5 nitrogen and oxygen atoms in total. The lowest BCUT2D eigenvalue weighted by atomic mass is 10.0. The number of rotatable bonds is 8. The fourth-order valence-corrected chi connectivity index (χ4v) is 3.23. The Kier molecular flexibility index (Phi) is 6.69. The van der Waals surface area contributed by atoms with Gasteiger partial charge in [0.1, 0.15) is 0 Å². The lowest BCUT2D eigenvalue weighted by Crippen LogP contribution is -2.36. The number of aliphatic hydroxyl groups excluding tert-OH is 1. The zero-order chi connectivity index (χ0) is 16.8. The van der Waals surface area contributed by atoms with Gasteiger partial charge in [-0.3, -0.25) is 4.90 Å². The van der Waals surface area contributed by atoms with E-state index in [1.807, 2.05) is 6.07 Å². The summed E-state index contributed by atoms with van der Waals surface area (Å²) in [4.78, 5) is 4.61. The molecule has 1 aliphatic rings. The van der Waals surface area contributed by atoms with Gasteiger partial charge in [0.15, 0.2) is 11.5 Å². The Morgan fingerprint density at radius 1 is 1.26 bits per heavy atom. The van der Waals surface area contributed by atoms with Crippen molar-refractivity contribution in [2.24, 2.45) is 5.92 Å². The normalized spacial score (nSPS) is 21.8. The second kappa shape index (κ2) is 8.52. The molecule has 130 valence electrons. The second-order valence-corrected chi connectivity index (χ2v) is 6.50. The fourth-order valence-electron chi connectivity index (χ4n) is 3.23. The summed E-state index contributed by atoms with van der Waals surface area (Å²) >= 11 is 0. The number of ether oxygens (including phenoxy) is 2. The van der Waals surface area contributed by atoms with E-state index in [4.69, 9.17) is 9.47 Å². The molecule has 1 aliphatic heterocycles. The van der Waals surface area contributed by atoms with Gasteiger partial charge in [0.25, 0.3) is 0 Å². The lowest BCUT2D eigenvalue weighted by molar-refractivity contribution is 0.167. The summed E-state index contributed by atoms with van der Waals surface area (Å²) in [7, 11) is 5.84. The lowest BCUT2D eigenvalue weighted by Gasteiger charge is -2.23. The molecule has 1 aromatic rings. The van der Waals surface area contributed by atoms with Crippen LogP contribution in [0.1, 0.15) is 18.9 Å². The summed E-state index contributed by atoms with van der Waals surface area (Å²) in [6.07, 6.45) is 0.979. The summed E-state index contributed by atoms with van der Waals surface area (Å²) in [5.41, 5.74) is 1.21. The van der Waals surface area contributed by atoms with Gasteiger partial charge in [-0.2, -0.15) is 0 Å². The molecule has 1 heterocycles. The molecule has 5 heteroatoms. The van der Waals surface area contributed by atoms with Crippen LogP contribution in [0.15, 0.2) is 18.2 Å². The van der Waals surface area contributed by atoms with E-state index in [0.717, 1.165) is 37.6 Å². The maximum atomic E-state index is 9.58. The highest BCUT2D eigenvalue weighted by Gasteiger charge is 2.33. The predicted molar refractivity (Wildman–Crippen MR) is 92.1 cm³/mol. The number of benzene rings is 1. The highest BCUT2D eigenvalue weighted by molar-refractivity contribution is 5.43. The Hall–Kier alpha value is -1.30. The topological polar surface area (TPSA) is 45.2 Å². The molecule has 0 aromatic heterocycles. The van der Waals surface area contributed by atoms with Crippen molar-refractivity contribution in [3.63, 3.8) is 0 Å². The number of aliphatic hydroxyl groups is 1. The molecule has 0 aliphatic carbocycles. The molecule has 0 bridgehead atoms. The van der Waals surface area contributed by atoms with Crippen LogP contribution >= 0.6 is 0 Å². The van der Waals surface area contributed by atoms with E-state index >= 15 is 0 Å². The van der Waals surface area contributed by atoms with Crippen molar-refractivity contribution >= 4 is 0 Å². The van der Waals surface area contributed by atoms with Crippen LogP contribution in [0, 0.1) is 5.92 Å². The van der Waals surface area contributed by atoms with Crippen molar-refractivity contribution in [1.29, 1.82) is 0 Å². The number of likely N-dealkylation sites (N-methyl/N-ethyl adjacent to an activating group) is 1. The summed E-state index contributed by atoms with van der Waals surface area (Å²) in [6.45, 7) is 5.81. The van der Waals surface area contributed by atoms with Crippen molar-refractivity contribution in [1.82, 2.24) is 9.80 Å². The van der Waals surface area contributed by atoms with Gasteiger partial charge in [-0.05, 0) is 38.2 Å². The molecular weight excluding hydrogens is 292 g/mol. The van der Waals surface area contributed by atoms with Crippen LogP contribution in [0.5, 0.6) is 11.5 Å². The first-order valence-electron chi connectivity index (χ1n) is 8.38. The van der Waals surface area contributed by atoms with Gasteiger partial charge in [0, 0.05) is 38.2 Å². The maximum Gasteiger partial charge on any atom is 0.161 e. The molecule has 1 aromatic carbocycles. The Morgan fingerprint density at radius 2 is 2.04 bits per heavy atom. The van der Waals surface area contributed by atoms with Crippen molar-refractivity contribution in [2.45, 2.75) is 25.9 Å². The van der Waals surface area contributed by atoms with Gasteiger partial charge < -0.3 is 19.5 Å². The molecule has 1 saturated heterocycles. The summed E-state index contributed by atoms with van der Waals surface area (Å²) in [5.74, 6) is 1.91. The molecule has 0 unspecified atom stereocenters. The van der Waals surface area contributed by atoms with Crippen LogP contribution in [0.3, 0.4) is 0 Å². The minimum Gasteiger partial charge on any atom is -0.493 e. The summed E-state index contributed by atoms with van der Waals surface area (Å²) in [6, 6.07) is 6.56. The van der Waals surface area contributed by atoms with Crippen molar-refractivity contribution in [2.75, 3.05) is 47.5 Å². The van der Waals surface area contributed by atoms with Gasteiger partial charge in [-0.1, -0.05) is 13.0 Å². The Bertz CT molecular complexity index is 493. The maximum absolute atomic E-state index is 9.58. The molecule has 2 atom stereocenters. The molecule has 1 fully saturated rings. The minimum absolute atomic E-state index is 0.243. The molecule has 1 N–H and O–H groups in total. The largest absolute Gasteiger partial charge is 0.493 e. The summed E-state index contributed by atoms with van der Waals surface area (Å²) in [5, 5.41) is 9.58. The first kappa shape index (κ1) is 18.0. The molecule has 0 radical (unpaired) electrons. The highest BCUT2D eigenvalue weighted by atomic mass is 16.5. The van der Waals surface area contributed by atoms with Crippen LogP contribution in [0.25, 0.3) is 0 Å². The minimum atomic E-state index is 0.243. The van der Waals surface area contributed by atoms with Crippen LogP contribution in [0.4, 0.5) is 0 Å². The number of methoxy groups -OCH3 is 1. The average Bonchev–Trinajstić information content (AvgIpc) is 2.96. The molecular formula is C18H30N2O3. The molecule has 2 rings (SSSR count). The van der Waals surface area contributed by atoms with E-state index in [1.165, 1.54) is 5.56 Å². The molecule has 0 saturated carbocycles. The van der Waals surface area contributed by atoms with Crippen molar-refractivity contribution < 1.29 is 14.6 Å². The third kappa shape index (κ3) is 4.59. The van der Waals surface area contributed by atoms with E-state index < -0.39 is 0 Å². The SMILES string of the molecule is CCCOc1ccc(CN2C[C@@H](CO)[C@H](N(C)C)C2)cc1OC. The third-order valence-electron chi connectivity index (χ3n) is 4.48. The van der Waals surface area contributed by atoms with Gasteiger partial charge in [0.2, 0.25) is 0 Å². The molecule has 0 amide bonds. The standard InChI is InChI=1S/C18H30N2O3/c1-5-8-23-17-7-6-14(9-18(17)22-4)10-20-11-15(13-21)16(12-20)19(2)3/h6-7,9,15-16,21H,5,8,10-13H2,1-4H3/t15-,16+/m0/s1. The monoisotopic (exact) mass is 322 g/mol. The van der Waals surface area contributed by atoms with E-state index in [1.54, 1.807) is 7.11 Å². The highest BCUT2D eigenvalue weighted by Crippen LogP contribution is 2.30.